The van der Waals surface area contributed by atoms with E-state index >= 15 is 0 Å². The van der Waals surface area contributed by atoms with Crippen LogP contribution in [0.25, 0.3) is 16.9 Å². The van der Waals surface area contributed by atoms with Crippen molar-refractivity contribution in [2.45, 2.75) is 0 Å². The van der Waals surface area contributed by atoms with Gasteiger partial charge >= 0.3 is 0 Å². The van der Waals surface area contributed by atoms with Gasteiger partial charge < -0.3 is 0 Å². The quantitative estimate of drug-likeness (QED) is 0.698. The largest absolute Gasteiger partial charge is 0.237 e. The van der Waals surface area contributed by atoms with E-state index in [0.717, 1.165) is 11.1 Å². The molecule has 4 nitrogen and oxygen atoms in total. The monoisotopic (exact) mass is 246 g/mol. The van der Waals surface area contributed by atoms with E-state index in [2.05, 4.69) is 16.2 Å². The number of hydrogen-bond acceptors (Lipinski definition) is 3. The maximum Gasteiger partial charge on any atom is 0.153 e. The Labute approximate surface area is 110 Å². The Hall–Kier alpha value is -2.93. The minimum absolute atomic E-state index is 0.520. The molecule has 0 unspecified atom stereocenters. The molecule has 0 aliphatic rings. The molecule has 0 amide bonds. The molecular formula is C15H10N4. The van der Waals surface area contributed by atoms with Gasteiger partial charge in [0.1, 0.15) is 6.07 Å². The van der Waals surface area contributed by atoms with Crippen LogP contribution in [0.1, 0.15) is 5.56 Å². The molecule has 0 radical (unpaired) electrons. The summed E-state index contributed by atoms with van der Waals surface area (Å²) in [5.74, 6) is 0.697. The third-order valence-corrected chi connectivity index (χ3v) is 2.80. The highest BCUT2D eigenvalue weighted by Gasteiger charge is 2.03. The van der Waals surface area contributed by atoms with Gasteiger partial charge in [-0.05, 0) is 23.3 Å². The first-order valence-electron chi connectivity index (χ1n) is 5.83. The molecule has 0 aliphatic carbocycles. The lowest BCUT2D eigenvalue weighted by Crippen LogP contribution is -1.97. The Morgan fingerprint density at radius 3 is 2.63 bits per heavy atom. The van der Waals surface area contributed by atoms with Crippen molar-refractivity contribution in [3.05, 3.63) is 66.6 Å². The average molecular weight is 246 g/mol. The maximum atomic E-state index is 8.81. The van der Waals surface area contributed by atoms with E-state index in [1.54, 1.807) is 17.1 Å². The molecule has 1 aromatic carbocycles. The molecular weight excluding hydrogens is 236 g/mol. The Morgan fingerprint density at radius 2 is 1.89 bits per heavy atom. The number of nitrogens with zero attached hydrogens (tertiary/aromatic N) is 4. The van der Waals surface area contributed by atoms with Crippen LogP contribution in [0.5, 0.6) is 0 Å². The van der Waals surface area contributed by atoms with Gasteiger partial charge in [-0.3, -0.25) is 0 Å². The molecule has 4 heteroatoms. The Morgan fingerprint density at radius 1 is 1.05 bits per heavy atom. The zero-order valence-electron chi connectivity index (χ0n) is 10.1. The highest BCUT2D eigenvalue weighted by atomic mass is 15.3. The smallest absolute Gasteiger partial charge is 0.153 e. The van der Waals surface area contributed by atoms with Crippen molar-refractivity contribution in [2.24, 2.45) is 0 Å². The first-order chi connectivity index (χ1) is 9.36. The van der Waals surface area contributed by atoms with Crippen molar-refractivity contribution < 1.29 is 0 Å². The minimum Gasteiger partial charge on any atom is -0.237 e. The number of rotatable bonds is 2. The lowest BCUT2D eigenvalue weighted by molar-refractivity contribution is 0.847. The second kappa shape index (κ2) is 4.75. The molecule has 0 saturated heterocycles. The van der Waals surface area contributed by atoms with Crippen molar-refractivity contribution in [2.75, 3.05) is 0 Å². The lowest BCUT2D eigenvalue weighted by atomic mass is 10.1. The van der Waals surface area contributed by atoms with Gasteiger partial charge in [-0.25, -0.2) is 9.67 Å². The van der Waals surface area contributed by atoms with Crippen LogP contribution in [-0.4, -0.2) is 14.8 Å². The fourth-order valence-corrected chi connectivity index (χ4v) is 1.86. The number of hydrogen-bond donors (Lipinski definition) is 0. The van der Waals surface area contributed by atoms with E-state index < -0.39 is 0 Å². The lowest BCUT2D eigenvalue weighted by Gasteiger charge is -2.04. The van der Waals surface area contributed by atoms with E-state index in [-0.39, 0.29) is 0 Å². The van der Waals surface area contributed by atoms with E-state index in [1.165, 1.54) is 6.20 Å². The third-order valence-electron chi connectivity index (χ3n) is 2.80. The molecule has 0 saturated carbocycles. The van der Waals surface area contributed by atoms with E-state index in [4.69, 9.17) is 5.26 Å². The summed E-state index contributed by atoms with van der Waals surface area (Å²) in [6.45, 7) is 0. The summed E-state index contributed by atoms with van der Waals surface area (Å²) in [4.78, 5) is 4.27. The number of pyridine rings is 1. The molecule has 0 aliphatic heterocycles. The van der Waals surface area contributed by atoms with E-state index in [9.17, 15) is 0 Å². The second-order valence-electron chi connectivity index (χ2n) is 4.05. The van der Waals surface area contributed by atoms with Gasteiger partial charge in [0, 0.05) is 6.20 Å². The minimum atomic E-state index is 0.520. The Kier molecular flexibility index (Phi) is 2.79. The predicted molar refractivity (Wildman–Crippen MR) is 71.5 cm³/mol. The number of benzene rings is 1. The zero-order valence-corrected chi connectivity index (χ0v) is 10.1. The summed E-state index contributed by atoms with van der Waals surface area (Å²) in [5.41, 5.74) is 2.71. The second-order valence-corrected chi connectivity index (χ2v) is 4.05. The zero-order chi connectivity index (χ0) is 13.1. The molecule has 2 aromatic heterocycles. The highest BCUT2D eigenvalue weighted by molar-refractivity contribution is 5.64. The molecule has 0 N–H and O–H groups in total. The van der Waals surface area contributed by atoms with Crippen LogP contribution in [-0.2, 0) is 0 Å². The van der Waals surface area contributed by atoms with Gasteiger partial charge in [-0.2, -0.15) is 10.4 Å². The van der Waals surface area contributed by atoms with Gasteiger partial charge in [0.05, 0.1) is 18.0 Å². The van der Waals surface area contributed by atoms with Crippen molar-refractivity contribution in [1.29, 1.82) is 5.26 Å². The summed E-state index contributed by atoms with van der Waals surface area (Å²) in [6.07, 6.45) is 4.93. The van der Waals surface area contributed by atoms with Gasteiger partial charge in [-0.1, -0.05) is 30.3 Å². The summed E-state index contributed by atoms with van der Waals surface area (Å²) < 4.78 is 1.60. The molecule has 3 aromatic rings. The first-order valence-corrected chi connectivity index (χ1v) is 5.83. The average Bonchev–Trinajstić information content (AvgIpc) is 2.97. The molecule has 3 rings (SSSR count). The molecule has 90 valence electrons. The van der Waals surface area contributed by atoms with Crippen molar-refractivity contribution in [3.63, 3.8) is 0 Å². The predicted octanol–water partition coefficient (Wildman–Crippen LogP) is 2.81. The molecule has 0 atom stereocenters. The Balaban J connectivity index is 2.03. The normalized spacial score (nSPS) is 10.1. The van der Waals surface area contributed by atoms with Crippen molar-refractivity contribution >= 4 is 0 Å². The topological polar surface area (TPSA) is 54.5 Å². The van der Waals surface area contributed by atoms with Crippen molar-refractivity contribution in [3.8, 4) is 23.0 Å². The van der Waals surface area contributed by atoms with Crippen LogP contribution in [0.4, 0.5) is 0 Å². The Bertz CT molecular complexity index is 738. The SMILES string of the molecule is N#Cc1cnn(-c2cc(-c3ccccc3)ccn2)c1. The molecule has 0 fully saturated rings. The van der Waals surface area contributed by atoms with E-state index in [1.807, 2.05) is 42.5 Å². The fourth-order valence-electron chi connectivity index (χ4n) is 1.86. The molecule has 0 bridgehead atoms. The number of nitriles is 1. The maximum absolute atomic E-state index is 8.81. The number of aromatic nitrogens is 3. The van der Waals surface area contributed by atoms with Crippen LogP contribution in [0, 0.1) is 11.3 Å². The standard InChI is InChI=1S/C15H10N4/c16-9-12-10-18-19(11-12)15-8-14(6-7-17-15)13-4-2-1-3-5-13/h1-8,10-11H. The summed E-state index contributed by atoms with van der Waals surface area (Å²) in [7, 11) is 0. The molecule has 0 spiro atoms. The van der Waals surface area contributed by atoms with Gasteiger partial charge in [0.2, 0.25) is 0 Å². The molecule has 19 heavy (non-hydrogen) atoms. The highest BCUT2D eigenvalue weighted by Crippen LogP contribution is 2.20. The summed E-state index contributed by atoms with van der Waals surface area (Å²) in [5, 5.41) is 12.9. The summed E-state index contributed by atoms with van der Waals surface area (Å²) >= 11 is 0. The first kappa shape index (κ1) is 11.2. The van der Waals surface area contributed by atoms with Gasteiger partial charge in [0.25, 0.3) is 0 Å². The van der Waals surface area contributed by atoms with Crippen LogP contribution in [0.3, 0.4) is 0 Å². The summed E-state index contributed by atoms with van der Waals surface area (Å²) in [6, 6.07) is 16.0. The van der Waals surface area contributed by atoms with Crippen LogP contribution < -0.4 is 0 Å². The van der Waals surface area contributed by atoms with Crippen LogP contribution in [0.2, 0.25) is 0 Å². The van der Waals surface area contributed by atoms with Crippen LogP contribution in [0.15, 0.2) is 61.1 Å². The molecule has 2 heterocycles. The van der Waals surface area contributed by atoms with Crippen molar-refractivity contribution in [1.82, 2.24) is 14.8 Å². The van der Waals surface area contributed by atoms with Gasteiger partial charge in [-0.15, -0.1) is 0 Å². The van der Waals surface area contributed by atoms with Gasteiger partial charge in [0.15, 0.2) is 5.82 Å². The van der Waals surface area contributed by atoms with E-state index in [0.29, 0.717) is 11.4 Å². The third kappa shape index (κ3) is 2.22. The fraction of sp³-hybridized carbons (Fsp3) is 0. The van der Waals surface area contributed by atoms with Crippen LogP contribution >= 0.6 is 0 Å².